The standard InChI is InChI=1S/C13H21NO/c1-9(2)10-6-11(8-12(14)7-10)13(3,4)15-5/h6-9H,14H2,1-5H3. The molecule has 0 saturated heterocycles. The zero-order valence-electron chi connectivity index (χ0n) is 10.3. The van der Waals surface area contributed by atoms with E-state index in [4.69, 9.17) is 10.5 Å². The zero-order valence-corrected chi connectivity index (χ0v) is 10.3. The Hall–Kier alpha value is -1.02. The van der Waals surface area contributed by atoms with E-state index >= 15 is 0 Å². The van der Waals surface area contributed by atoms with Crippen molar-refractivity contribution in [3.63, 3.8) is 0 Å². The number of ether oxygens (including phenoxy) is 1. The molecule has 0 fully saturated rings. The third kappa shape index (κ3) is 2.72. The van der Waals surface area contributed by atoms with Crippen molar-refractivity contribution >= 4 is 5.69 Å². The maximum absolute atomic E-state index is 5.89. The van der Waals surface area contributed by atoms with Crippen LogP contribution < -0.4 is 5.73 Å². The summed E-state index contributed by atoms with van der Waals surface area (Å²) in [5, 5.41) is 0. The maximum atomic E-state index is 5.89. The number of methoxy groups -OCH3 is 1. The summed E-state index contributed by atoms with van der Waals surface area (Å²) in [6.07, 6.45) is 0. The van der Waals surface area contributed by atoms with Crippen LogP contribution in [0.4, 0.5) is 5.69 Å². The number of anilines is 1. The summed E-state index contributed by atoms with van der Waals surface area (Å²) in [6, 6.07) is 6.18. The van der Waals surface area contributed by atoms with Crippen LogP contribution in [-0.4, -0.2) is 7.11 Å². The fourth-order valence-electron chi connectivity index (χ4n) is 1.48. The quantitative estimate of drug-likeness (QED) is 0.772. The lowest BCUT2D eigenvalue weighted by atomic mass is 9.92. The first kappa shape index (κ1) is 12.1. The van der Waals surface area contributed by atoms with Gasteiger partial charge < -0.3 is 10.5 Å². The van der Waals surface area contributed by atoms with E-state index in [1.807, 2.05) is 26.0 Å². The molecule has 2 nitrogen and oxygen atoms in total. The van der Waals surface area contributed by atoms with Gasteiger partial charge in [-0.25, -0.2) is 0 Å². The van der Waals surface area contributed by atoms with Crippen molar-refractivity contribution in [2.75, 3.05) is 12.8 Å². The minimum absolute atomic E-state index is 0.279. The number of nitrogens with two attached hydrogens (primary N) is 1. The molecule has 1 aromatic rings. The first-order valence-corrected chi connectivity index (χ1v) is 5.33. The second-order valence-electron chi connectivity index (χ2n) is 4.76. The van der Waals surface area contributed by atoms with E-state index in [0.717, 1.165) is 11.3 Å². The highest BCUT2D eigenvalue weighted by atomic mass is 16.5. The average Bonchev–Trinajstić information content (AvgIpc) is 2.16. The maximum Gasteiger partial charge on any atom is 0.0872 e. The normalized spacial score (nSPS) is 12.1. The Labute approximate surface area is 92.4 Å². The number of hydrogen-bond acceptors (Lipinski definition) is 2. The Morgan fingerprint density at radius 3 is 2.27 bits per heavy atom. The van der Waals surface area contributed by atoms with Crippen LogP contribution in [0.3, 0.4) is 0 Å². The Kier molecular flexibility index (Phi) is 3.40. The van der Waals surface area contributed by atoms with Crippen LogP contribution in [0.25, 0.3) is 0 Å². The second kappa shape index (κ2) is 4.23. The van der Waals surface area contributed by atoms with Gasteiger partial charge in [-0.05, 0) is 43.0 Å². The first-order valence-electron chi connectivity index (χ1n) is 5.33. The molecule has 15 heavy (non-hydrogen) atoms. The minimum Gasteiger partial charge on any atom is -0.399 e. The Morgan fingerprint density at radius 1 is 1.20 bits per heavy atom. The van der Waals surface area contributed by atoms with Gasteiger partial charge in [-0.3, -0.25) is 0 Å². The van der Waals surface area contributed by atoms with E-state index in [1.165, 1.54) is 5.56 Å². The molecular weight excluding hydrogens is 186 g/mol. The molecule has 0 aliphatic rings. The summed E-state index contributed by atoms with van der Waals surface area (Å²) >= 11 is 0. The predicted octanol–water partition coefficient (Wildman–Crippen LogP) is 3.27. The SMILES string of the molecule is COC(C)(C)c1cc(N)cc(C(C)C)c1. The van der Waals surface area contributed by atoms with Crippen molar-refractivity contribution in [1.82, 2.24) is 0 Å². The Balaban J connectivity index is 3.20. The van der Waals surface area contributed by atoms with Gasteiger partial charge >= 0.3 is 0 Å². The number of rotatable bonds is 3. The fourth-order valence-corrected chi connectivity index (χ4v) is 1.48. The highest BCUT2D eigenvalue weighted by Gasteiger charge is 2.20. The Morgan fingerprint density at radius 2 is 1.80 bits per heavy atom. The van der Waals surface area contributed by atoms with Crippen molar-refractivity contribution < 1.29 is 4.74 Å². The van der Waals surface area contributed by atoms with Gasteiger partial charge in [0.1, 0.15) is 0 Å². The molecule has 0 atom stereocenters. The molecule has 0 aliphatic heterocycles. The molecule has 84 valence electrons. The number of nitrogen functional groups attached to an aromatic ring is 1. The van der Waals surface area contributed by atoms with Gasteiger partial charge in [-0.1, -0.05) is 19.9 Å². The highest BCUT2D eigenvalue weighted by molar-refractivity contribution is 5.47. The van der Waals surface area contributed by atoms with Crippen LogP contribution >= 0.6 is 0 Å². The summed E-state index contributed by atoms with van der Waals surface area (Å²) in [6.45, 7) is 8.43. The molecule has 0 radical (unpaired) electrons. The van der Waals surface area contributed by atoms with Crippen molar-refractivity contribution in [3.05, 3.63) is 29.3 Å². The van der Waals surface area contributed by atoms with E-state index < -0.39 is 0 Å². The molecule has 2 N–H and O–H groups in total. The molecule has 0 bridgehead atoms. The Bertz CT molecular complexity index is 342. The van der Waals surface area contributed by atoms with Gasteiger partial charge in [0.15, 0.2) is 0 Å². The molecule has 0 unspecified atom stereocenters. The molecule has 0 amide bonds. The summed E-state index contributed by atoms with van der Waals surface area (Å²) in [5.41, 5.74) is 8.81. The highest BCUT2D eigenvalue weighted by Crippen LogP contribution is 2.29. The van der Waals surface area contributed by atoms with Gasteiger partial charge in [0.2, 0.25) is 0 Å². The van der Waals surface area contributed by atoms with Crippen LogP contribution in [0.15, 0.2) is 18.2 Å². The summed E-state index contributed by atoms with van der Waals surface area (Å²) in [7, 11) is 1.72. The van der Waals surface area contributed by atoms with Gasteiger partial charge in [0, 0.05) is 12.8 Å². The van der Waals surface area contributed by atoms with E-state index in [2.05, 4.69) is 19.9 Å². The van der Waals surface area contributed by atoms with Crippen LogP contribution in [0.2, 0.25) is 0 Å². The zero-order chi connectivity index (χ0) is 11.6. The third-order valence-corrected chi connectivity index (χ3v) is 2.85. The van der Waals surface area contributed by atoms with E-state index in [1.54, 1.807) is 7.11 Å². The lowest BCUT2D eigenvalue weighted by Gasteiger charge is -2.25. The van der Waals surface area contributed by atoms with E-state index in [0.29, 0.717) is 5.92 Å². The van der Waals surface area contributed by atoms with Crippen LogP contribution in [0.1, 0.15) is 44.7 Å². The molecule has 1 rings (SSSR count). The summed E-state index contributed by atoms with van der Waals surface area (Å²) in [5.74, 6) is 0.486. The monoisotopic (exact) mass is 207 g/mol. The molecule has 0 aliphatic carbocycles. The summed E-state index contributed by atoms with van der Waals surface area (Å²) < 4.78 is 5.46. The second-order valence-corrected chi connectivity index (χ2v) is 4.76. The van der Waals surface area contributed by atoms with Crippen LogP contribution in [0.5, 0.6) is 0 Å². The van der Waals surface area contributed by atoms with E-state index in [-0.39, 0.29) is 5.60 Å². The van der Waals surface area contributed by atoms with Crippen molar-refractivity contribution in [3.8, 4) is 0 Å². The molecule has 0 spiro atoms. The predicted molar refractivity (Wildman–Crippen MR) is 65.0 cm³/mol. The van der Waals surface area contributed by atoms with Crippen LogP contribution in [-0.2, 0) is 10.3 Å². The average molecular weight is 207 g/mol. The van der Waals surface area contributed by atoms with Crippen molar-refractivity contribution in [2.24, 2.45) is 0 Å². The van der Waals surface area contributed by atoms with Gasteiger partial charge in [-0.2, -0.15) is 0 Å². The smallest absolute Gasteiger partial charge is 0.0872 e. The van der Waals surface area contributed by atoms with Crippen molar-refractivity contribution in [1.29, 1.82) is 0 Å². The van der Waals surface area contributed by atoms with Crippen molar-refractivity contribution in [2.45, 2.75) is 39.2 Å². The first-order chi connectivity index (χ1) is 6.86. The topological polar surface area (TPSA) is 35.2 Å². The molecule has 0 saturated carbocycles. The molecule has 2 heteroatoms. The largest absolute Gasteiger partial charge is 0.399 e. The van der Waals surface area contributed by atoms with E-state index in [9.17, 15) is 0 Å². The number of benzene rings is 1. The number of hydrogen-bond donors (Lipinski definition) is 1. The molecule has 0 heterocycles. The summed E-state index contributed by atoms with van der Waals surface area (Å²) in [4.78, 5) is 0. The molecule has 0 aromatic heterocycles. The lowest BCUT2D eigenvalue weighted by molar-refractivity contribution is 0.0192. The lowest BCUT2D eigenvalue weighted by Crippen LogP contribution is -2.20. The minimum atomic E-state index is -0.279. The van der Waals surface area contributed by atoms with Gasteiger partial charge in [0.25, 0.3) is 0 Å². The van der Waals surface area contributed by atoms with Gasteiger partial charge in [0.05, 0.1) is 5.60 Å². The van der Waals surface area contributed by atoms with Gasteiger partial charge in [-0.15, -0.1) is 0 Å². The molecular formula is C13H21NO. The third-order valence-electron chi connectivity index (χ3n) is 2.85. The fraction of sp³-hybridized carbons (Fsp3) is 0.538. The molecule has 1 aromatic carbocycles. The van der Waals surface area contributed by atoms with Crippen LogP contribution in [0, 0.1) is 0 Å².